The number of hydrogen-bond acceptors (Lipinski definition) is 7. The molecule has 0 unspecified atom stereocenters. The Kier molecular flexibility index (Phi) is 5.94. The maximum atomic E-state index is 15.0. The average molecular weight is 500 g/mol. The Morgan fingerprint density at radius 3 is 2.62 bits per heavy atom. The number of aromatic amines is 1. The molecule has 0 aliphatic carbocycles. The quantitative estimate of drug-likeness (QED) is 0.292. The Morgan fingerprint density at radius 1 is 1.11 bits per heavy atom. The van der Waals surface area contributed by atoms with Gasteiger partial charge in [-0.05, 0) is 42.3 Å². The van der Waals surface area contributed by atoms with Crippen LogP contribution in [0.15, 0.2) is 53.2 Å². The summed E-state index contributed by atoms with van der Waals surface area (Å²) in [4.78, 5) is 28.8. The zero-order chi connectivity index (χ0) is 26.3. The summed E-state index contributed by atoms with van der Waals surface area (Å²) in [5, 5.41) is 6.47. The number of fused-ring (bicyclic) bond motifs is 1. The molecule has 10 heteroatoms. The van der Waals surface area contributed by atoms with Gasteiger partial charge in [0.2, 0.25) is 0 Å². The molecular weight excluding hydrogens is 473 g/mol. The van der Waals surface area contributed by atoms with Crippen molar-refractivity contribution in [3.63, 3.8) is 0 Å². The number of nitrogens with two attached hydrogens (primary N) is 1. The highest BCUT2D eigenvalue weighted by atomic mass is 19.1. The number of anilines is 1. The van der Waals surface area contributed by atoms with Crippen LogP contribution in [0.4, 0.5) is 10.1 Å². The Morgan fingerprint density at radius 2 is 1.92 bits per heavy atom. The zero-order valence-corrected chi connectivity index (χ0v) is 20.9. The number of aromatic nitrogens is 5. The third-order valence-corrected chi connectivity index (χ3v) is 5.95. The van der Waals surface area contributed by atoms with Crippen LogP contribution < -0.4 is 11.1 Å². The van der Waals surface area contributed by atoms with Gasteiger partial charge in [0.1, 0.15) is 11.6 Å². The van der Waals surface area contributed by atoms with Gasteiger partial charge in [-0.2, -0.15) is 4.98 Å². The lowest BCUT2D eigenvalue weighted by atomic mass is 9.96. The lowest BCUT2D eigenvalue weighted by molar-refractivity contribution is 0.0906. The number of hydrogen-bond donors (Lipinski definition) is 3. The molecule has 0 bridgehead atoms. The van der Waals surface area contributed by atoms with Gasteiger partial charge in [0.15, 0.2) is 11.5 Å². The minimum absolute atomic E-state index is 0.0369. The second-order valence-electron chi connectivity index (χ2n) is 9.90. The minimum atomic E-state index is -0.567. The third-order valence-electron chi connectivity index (χ3n) is 5.95. The summed E-state index contributed by atoms with van der Waals surface area (Å²) in [7, 11) is 0. The van der Waals surface area contributed by atoms with Crippen LogP contribution >= 0.6 is 0 Å². The monoisotopic (exact) mass is 499 g/mol. The normalized spacial score (nSPS) is 11.7. The number of nitrogens with zero attached hydrogens (tertiary/aromatic N) is 4. The van der Waals surface area contributed by atoms with Crippen LogP contribution in [0, 0.1) is 12.7 Å². The summed E-state index contributed by atoms with van der Waals surface area (Å²) in [6.07, 6.45) is 1.63. The van der Waals surface area contributed by atoms with E-state index in [-0.39, 0.29) is 17.9 Å². The SMILES string of the molecule is Cc1ccc(-c2nc3nccc(-c4ccc(CNC(=O)c5nc(C(C)(C)C)no5)c(F)c4)c3[nH]2)c(N)c1. The molecular formula is C27H26FN7O2. The van der Waals surface area contributed by atoms with E-state index in [4.69, 9.17) is 10.3 Å². The van der Waals surface area contributed by atoms with E-state index in [0.717, 1.165) is 16.7 Å². The summed E-state index contributed by atoms with van der Waals surface area (Å²) in [6.45, 7) is 7.67. The molecule has 9 nitrogen and oxygen atoms in total. The standard InChI is InChI=1S/C27H26FN7O2/c1-14-5-8-18(20(29)11-14)22-32-21-17(9-10-30-23(21)33-22)15-6-7-16(19(28)12-15)13-31-24(36)25-34-26(35-37-25)27(2,3)4/h5-12H,13,29H2,1-4H3,(H,31,36)(H,30,32,33). The molecule has 5 aromatic rings. The highest BCUT2D eigenvalue weighted by molar-refractivity contribution is 5.92. The van der Waals surface area contributed by atoms with Gasteiger partial charge in [-0.1, -0.05) is 44.1 Å². The molecule has 5 rings (SSSR count). The van der Waals surface area contributed by atoms with E-state index in [1.54, 1.807) is 24.4 Å². The fourth-order valence-corrected chi connectivity index (χ4v) is 3.91. The maximum Gasteiger partial charge on any atom is 0.315 e. The number of amides is 1. The molecule has 3 aromatic heterocycles. The van der Waals surface area contributed by atoms with Crippen molar-refractivity contribution in [1.29, 1.82) is 0 Å². The molecule has 0 radical (unpaired) electrons. The molecule has 2 aromatic carbocycles. The number of nitrogens with one attached hydrogen (secondary N) is 2. The topological polar surface area (TPSA) is 136 Å². The first-order valence-electron chi connectivity index (χ1n) is 11.7. The Bertz CT molecular complexity index is 1630. The van der Waals surface area contributed by atoms with Crippen LogP contribution in [0.25, 0.3) is 33.7 Å². The first-order valence-corrected chi connectivity index (χ1v) is 11.7. The van der Waals surface area contributed by atoms with Crippen molar-refractivity contribution in [2.75, 3.05) is 5.73 Å². The predicted octanol–water partition coefficient (Wildman–Crippen LogP) is 4.93. The Hall–Kier alpha value is -4.60. The van der Waals surface area contributed by atoms with Crippen LogP contribution in [0.1, 0.15) is 48.4 Å². The van der Waals surface area contributed by atoms with Gasteiger partial charge in [-0.3, -0.25) is 4.79 Å². The number of halogens is 1. The van der Waals surface area contributed by atoms with E-state index in [9.17, 15) is 4.79 Å². The molecule has 0 saturated heterocycles. The predicted molar refractivity (Wildman–Crippen MR) is 138 cm³/mol. The van der Waals surface area contributed by atoms with E-state index in [1.807, 2.05) is 45.9 Å². The van der Waals surface area contributed by atoms with Gasteiger partial charge in [0, 0.05) is 40.5 Å². The number of carbonyl (C=O) groups excluding carboxylic acids is 1. The summed E-state index contributed by atoms with van der Waals surface area (Å²) in [5.41, 5.74) is 11.1. The summed E-state index contributed by atoms with van der Waals surface area (Å²) >= 11 is 0. The number of rotatable bonds is 5. The highest BCUT2D eigenvalue weighted by Gasteiger charge is 2.24. The fraction of sp³-hybridized carbons (Fsp3) is 0.222. The van der Waals surface area contributed by atoms with Crippen molar-refractivity contribution < 1.29 is 13.7 Å². The highest BCUT2D eigenvalue weighted by Crippen LogP contribution is 2.31. The van der Waals surface area contributed by atoms with E-state index < -0.39 is 11.7 Å². The number of benzene rings is 2. The first kappa shape index (κ1) is 24.1. The van der Waals surface area contributed by atoms with Crippen LogP contribution in [-0.4, -0.2) is 31.0 Å². The molecule has 0 saturated carbocycles. The van der Waals surface area contributed by atoms with Crippen LogP contribution in [0.2, 0.25) is 0 Å². The molecule has 4 N–H and O–H groups in total. The minimum Gasteiger partial charge on any atom is -0.398 e. The summed E-state index contributed by atoms with van der Waals surface area (Å²) in [6, 6.07) is 12.4. The van der Waals surface area contributed by atoms with Crippen LogP contribution in [0.5, 0.6) is 0 Å². The van der Waals surface area contributed by atoms with Gasteiger partial charge in [-0.15, -0.1) is 0 Å². The van der Waals surface area contributed by atoms with Gasteiger partial charge in [-0.25, -0.2) is 14.4 Å². The van der Waals surface area contributed by atoms with Crippen molar-refractivity contribution >= 4 is 22.8 Å². The van der Waals surface area contributed by atoms with Gasteiger partial charge < -0.3 is 20.6 Å². The largest absolute Gasteiger partial charge is 0.398 e. The number of pyridine rings is 1. The Labute approximate surface area is 212 Å². The molecule has 0 spiro atoms. The molecule has 3 heterocycles. The van der Waals surface area contributed by atoms with Gasteiger partial charge in [0.05, 0.1) is 5.52 Å². The second kappa shape index (κ2) is 9.12. The van der Waals surface area contributed by atoms with Crippen molar-refractivity contribution in [3.8, 4) is 22.5 Å². The molecule has 0 fully saturated rings. The van der Waals surface area contributed by atoms with Crippen LogP contribution in [-0.2, 0) is 12.0 Å². The fourth-order valence-electron chi connectivity index (χ4n) is 3.91. The number of nitrogen functional groups attached to an aromatic ring is 1. The molecule has 37 heavy (non-hydrogen) atoms. The lowest BCUT2D eigenvalue weighted by Gasteiger charge is -2.10. The molecule has 1 amide bonds. The number of imidazole rings is 1. The van der Waals surface area contributed by atoms with Crippen molar-refractivity contribution in [2.24, 2.45) is 0 Å². The van der Waals surface area contributed by atoms with Gasteiger partial charge >= 0.3 is 11.8 Å². The van der Waals surface area contributed by atoms with Crippen LogP contribution in [0.3, 0.4) is 0 Å². The average Bonchev–Trinajstić information content (AvgIpc) is 3.50. The summed E-state index contributed by atoms with van der Waals surface area (Å²) in [5.74, 6) is -0.189. The Balaban J connectivity index is 1.38. The van der Waals surface area contributed by atoms with Crippen molar-refractivity contribution in [3.05, 3.63) is 77.3 Å². The zero-order valence-electron chi connectivity index (χ0n) is 20.9. The van der Waals surface area contributed by atoms with E-state index in [2.05, 4.69) is 30.4 Å². The van der Waals surface area contributed by atoms with E-state index >= 15 is 4.39 Å². The number of carbonyl (C=O) groups is 1. The molecule has 0 aliphatic rings. The maximum absolute atomic E-state index is 15.0. The smallest absolute Gasteiger partial charge is 0.315 e. The van der Waals surface area contributed by atoms with E-state index in [1.165, 1.54) is 6.07 Å². The second-order valence-corrected chi connectivity index (χ2v) is 9.90. The molecule has 188 valence electrons. The first-order chi connectivity index (χ1) is 17.6. The van der Waals surface area contributed by atoms with Gasteiger partial charge in [0.25, 0.3) is 0 Å². The number of aryl methyl sites for hydroxylation is 1. The number of H-pyrrole nitrogens is 1. The third kappa shape index (κ3) is 4.77. The summed E-state index contributed by atoms with van der Waals surface area (Å²) < 4.78 is 20.1. The molecule has 0 aliphatic heterocycles. The lowest BCUT2D eigenvalue weighted by Crippen LogP contribution is -2.24. The van der Waals surface area contributed by atoms with Crippen molar-refractivity contribution in [2.45, 2.75) is 39.7 Å². The molecule has 0 atom stereocenters. The van der Waals surface area contributed by atoms with E-state index in [0.29, 0.717) is 39.6 Å². The van der Waals surface area contributed by atoms with Crippen molar-refractivity contribution in [1.82, 2.24) is 30.4 Å².